The predicted octanol–water partition coefficient (Wildman–Crippen LogP) is 3.17. The molecule has 98 valence electrons. The number of nitrogens with two attached hydrogens (primary N) is 1. The molecular weight excluding hydrogens is 254 g/mol. The van der Waals surface area contributed by atoms with Gasteiger partial charge in [0.25, 0.3) is 0 Å². The number of hydrogen-bond donors (Lipinski definition) is 1. The Bertz CT molecular complexity index is 683. The molecule has 0 aliphatic rings. The van der Waals surface area contributed by atoms with Crippen LogP contribution in [-0.4, -0.2) is 9.55 Å². The highest BCUT2D eigenvalue weighted by Gasteiger charge is 2.10. The Morgan fingerprint density at radius 1 is 1.26 bits per heavy atom. The van der Waals surface area contributed by atoms with Gasteiger partial charge in [0.1, 0.15) is 5.82 Å². The Morgan fingerprint density at radius 3 is 2.84 bits per heavy atom. The van der Waals surface area contributed by atoms with Crippen LogP contribution in [0.1, 0.15) is 23.9 Å². The van der Waals surface area contributed by atoms with Crippen LogP contribution in [-0.2, 0) is 19.5 Å². The number of hydrogen-bond acceptors (Lipinski definition) is 3. The molecule has 2 aromatic heterocycles. The van der Waals surface area contributed by atoms with Crippen molar-refractivity contribution in [3.05, 3.63) is 52.0 Å². The average molecular weight is 271 g/mol. The SMILES string of the molecule is CCn1c(Cc2ccsc2)nc2cc(CN)ccc21. The monoisotopic (exact) mass is 271 g/mol. The van der Waals surface area contributed by atoms with Gasteiger partial charge in [0.15, 0.2) is 0 Å². The lowest BCUT2D eigenvalue weighted by molar-refractivity contribution is 0.734. The fraction of sp³-hybridized carbons (Fsp3) is 0.267. The predicted molar refractivity (Wildman–Crippen MR) is 80.4 cm³/mol. The van der Waals surface area contributed by atoms with E-state index in [1.54, 1.807) is 11.3 Å². The number of thiophene rings is 1. The van der Waals surface area contributed by atoms with Gasteiger partial charge in [0.2, 0.25) is 0 Å². The molecule has 0 aliphatic carbocycles. The third-order valence-corrected chi connectivity index (χ3v) is 4.12. The summed E-state index contributed by atoms with van der Waals surface area (Å²) in [6, 6.07) is 8.48. The van der Waals surface area contributed by atoms with Crippen LogP contribution in [0.3, 0.4) is 0 Å². The number of aryl methyl sites for hydroxylation is 1. The van der Waals surface area contributed by atoms with Crippen molar-refractivity contribution in [2.24, 2.45) is 5.73 Å². The van der Waals surface area contributed by atoms with E-state index in [-0.39, 0.29) is 0 Å². The zero-order chi connectivity index (χ0) is 13.2. The average Bonchev–Trinajstić information content (AvgIpc) is 3.05. The molecule has 0 atom stereocenters. The highest BCUT2D eigenvalue weighted by atomic mass is 32.1. The third kappa shape index (κ3) is 2.29. The van der Waals surface area contributed by atoms with Crippen LogP contribution < -0.4 is 5.73 Å². The van der Waals surface area contributed by atoms with Crippen molar-refractivity contribution in [2.45, 2.75) is 26.4 Å². The van der Waals surface area contributed by atoms with Gasteiger partial charge in [-0.2, -0.15) is 11.3 Å². The smallest absolute Gasteiger partial charge is 0.114 e. The summed E-state index contributed by atoms with van der Waals surface area (Å²) >= 11 is 1.73. The van der Waals surface area contributed by atoms with Crippen molar-refractivity contribution in [1.82, 2.24) is 9.55 Å². The van der Waals surface area contributed by atoms with Crippen molar-refractivity contribution in [3.8, 4) is 0 Å². The van der Waals surface area contributed by atoms with Crippen LogP contribution >= 0.6 is 11.3 Å². The molecule has 0 radical (unpaired) electrons. The lowest BCUT2D eigenvalue weighted by Crippen LogP contribution is -2.02. The third-order valence-electron chi connectivity index (χ3n) is 3.39. The molecule has 0 aliphatic heterocycles. The quantitative estimate of drug-likeness (QED) is 0.792. The second-order valence-electron chi connectivity index (χ2n) is 4.61. The molecule has 19 heavy (non-hydrogen) atoms. The maximum Gasteiger partial charge on any atom is 0.114 e. The summed E-state index contributed by atoms with van der Waals surface area (Å²) in [7, 11) is 0. The summed E-state index contributed by atoms with van der Waals surface area (Å²) in [6.45, 7) is 3.67. The van der Waals surface area contributed by atoms with Crippen LogP contribution in [0.4, 0.5) is 0 Å². The number of benzene rings is 1. The molecule has 0 unspecified atom stereocenters. The van der Waals surface area contributed by atoms with Gasteiger partial charge in [-0.3, -0.25) is 0 Å². The highest BCUT2D eigenvalue weighted by Crippen LogP contribution is 2.20. The zero-order valence-corrected chi connectivity index (χ0v) is 11.8. The second kappa shape index (κ2) is 5.15. The molecule has 3 rings (SSSR count). The topological polar surface area (TPSA) is 43.8 Å². The first kappa shape index (κ1) is 12.4. The van der Waals surface area contributed by atoms with E-state index in [1.807, 2.05) is 0 Å². The summed E-state index contributed by atoms with van der Waals surface area (Å²) in [4.78, 5) is 4.78. The molecule has 0 amide bonds. The molecule has 3 nitrogen and oxygen atoms in total. The van der Waals surface area contributed by atoms with Crippen LogP contribution in [0.5, 0.6) is 0 Å². The van der Waals surface area contributed by atoms with E-state index in [0.29, 0.717) is 6.54 Å². The van der Waals surface area contributed by atoms with Gasteiger partial charge in [0.05, 0.1) is 11.0 Å². The summed E-state index contributed by atoms with van der Waals surface area (Å²) in [5, 5.41) is 4.30. The largest absolute Gasteiger partial charge is 0.328 e. The van der Waals surface area contributed by atoms with Gasteiger partial charge in [-0.05, 0) is 47.0 Å². The van der Waals surface area contributed by atoms with Crippen LogP contribution in [0.25, 0.3) is 11.0 Å². The first-order chi connectivity index (χ1) is 9.31. The lowest BCUT2D eigenvalue weighted by atomic mass is 10.2. The number of imidazole rings is 1. The molecule has 2 heterocycles. The minimum absolute atomic E-state index is 0.564. The van der Waals surface area contributed by atoms with Gasteiger partial charge in [-0.25, -0.2) is 4.98 Å². The van der Waals surface area contributed by atoms with E-state index in [9.17, 15) is 0 Å². The summed E-state index contributed by atoms with van der Waals surface area (Å²) < 4.78 is 2.29. The van der Waals surface area contributed by atoms with E-state index >= 15 is 0 Å². The Balaban J connectivity index is 2.08. The minimum atomic E-state index is 0.564. The van der Waals surface area contributed by atoms with Crippen LogP contribution in [0.15, 0.2) is 35.0 Å². The van der Waals surface area contributed by atoms with Crippen molar-refractivity contribution in [3.63, 3.8) is 0 Å². The van der Waals surface area contributed by atoms with Crippen molar-refractivity contribution < 1.29 is 0 Å². The summed E-state index contributed by atoms with van der Waals surface area (Å²) in [6.07, 6.45) is 0.893. The summed E-state index contributed by atoms with van der Waals surface area (Å²) in [5.41, 5.74) is 10.4. The number of aromatic nitrogens is 2. The van der Waals surface area contributed by atoms with Crippen molar-refractivity contribution >= 4 is 22.4 Å². The number of fused-ring (bicyclic) bond motifs is 1. The molecular formula is C15H17N3S. The normalized spacial score (nSPS) is 11.3. The lowest BCUT2D eigenvalue weighted by Gasteiger charge is -2.05. The van der Waals surface area contributed by atoms with Gasteiger partial charge in [-0.15, -0.1) is 0 Å². The van der Waals surface area contributed by atoms with Gasteiger partial charge in [0, 0.05) is 19.5 Å². The van der Waals surface area contributed by atoms with Gasteiger partial charge >= 0.3 is 0 Å². The molecule has 0 bridgehead atoms. The Morgan fingerprint density at radius 2 is 2.16 bits per heavy atom. The first-order valence-corrected chi connectivity index (χ1v) is 7.45. The first-order valence-electron chi connectivity index (χ1n) is 6.51. The Hall–Kier alpha value is -1.65. The maximum absolute atomic E-state index is 5.69. The molecule has 4 heteroatoms. The number of nitrogens with zero attached hydrogens (tertiary/aromatic N) is 2. The molecule has 2 N–H and O–H groups in total. The Labute approximate surface area is 116 Å². The molecule has 0 saturated carbocycles. The maximum atomic E-state index is 5.69. The molecule has 0 fully saturated rings. The Kier molecular flexibility index (Phi) is 3.36. The van der Waals surface area contributed by atoms with Gasteiger partial charge in [-0.1, -0.05) is 6.07 Å². The van der Waals surface area contributed by atoms with Crippen LogP contribution in [0.2, 0.25) is 0 Å². The standard InChI is InChI=1S/C15H17N3S/c1-2-18-14-4-3-11(9-16)7-13(14)17-15(18)8-12-5-6-19-10-12/h3-7,10H,2,8-9,16H2,1H3. The van der Waals surface area contributed by atoms with Crippen LogP contribution in [0, 0.1) is 0 Å². The summed E-state index contributed by atoms with van der Waals surface area (Å²) in [5.74, 6) is 1.13. The van der Waals surface area contributed by atoms with E-state index < -0.39 is 0 Å². The molecule has 3 aromatic rings. The van der Waals surface area contributed by atoms with Gasteiger partial charge < -0.3 is 10.3 Å². The van der Waals surface area contributed by atoms with E-state index in [1.165, 1.54) is 11.1 Å². The molecule has 0 saturated heterocycles. The molecule has 1 aromatic carbocycles. The van der Waals surface area contributed by atoms with E-state index in [0.717, 1.165) is 29.9 Å². The van der Waals surface area contributed by atoms with Crippen molar-refractivity contribution in [2.75, 3.05) is 0 Å². The van der Waals surface area contributed by atoms with E-state index in [4.69, 9.17) is 10.7 Å². The highest BCUT2D eigenvalue weighted by molar-refractivity contribution is 7.07. The number of rotatable bonds is 4. The molecule has 0 spiro atoms. The van der Waals surface area contributed by atoms with E-state index in [2.05, 4.69) is 46.5 Å². The second-order valence-corrected chi connectivity index (χ2v) is 5.39. The zero-order valence-electron chi connectivity index (χ0n) is 11.0. The fourth-order valence-corrected chi connectivity index (χ4v) is 3.08. The van der Waals surface area contributed by atoms with Crippen molar-refractivity contribution in [1.29, 1.82) is 0 Å². The minimum Gasteiger partial charge on any atom is -0.328 e. The fourth-order valence-electron chi connectivity index (χ4n) is 2.42.